The molecular weight excluding hydrogens is 455 g/mol. The number of aryl methyl sites for hydroxylation is 1. The average molecular weight is 483 g/mol. The van der Waals surface area contributed by atoms with Crippen molar-refractivity contribution >= 4 is 11.9 Å². The van der Waals surface area contributed by atoms with Crippen molar-refractivity contribution in [1.82, 2.24) is 10.3 Å². The molecule has 2 N–H and O–H groups in total. The Morgan fingerprint density at radius 2 is 1.69 bits per heavy atom. The third-order valence-electron chi connectivity index (χ3n) is 5.23. The zero-order valence-electron chi connectivity index (χ0n) is 19.8. The van der Waals surface area contributed by atoms with Crippen molar-refractivity contribution in [2.75, 3.05) is 7.11 Å². The molecule has 1 heterocycles. The number of hydrogen-bond acceptors (Lipinski definition) is 7. The first-order valence-electron chi connectivity index (χ1n) is 10.9. The van der Waals surface area contributed by atoms with Gasteiger partial charge in [0.1, 0.15) is 23.7 Å². The first kappa shape index (κ1) is 25.5. The van der Waals surface area contributed by atoms with E-state index in [2.05, 4.69) is 10.3 Å². The number of halogens is 1. The molecule has 0 radical (unpaired) electrons. The van der Waals surface area contributed by atoms with Gasteiger partial charge in [0, 0.05) is 12.3 Å². The molecule has 0 saturated carbocycles. The standard InChI is InChI=1S/C26H27FN2O6/c1-15-5-7-18(8-6-15)24(35-20-11-9-19(27)10-12-20)17(3)34-26(32)16(2)29-25(31)22-23(30)21(33-4)13-14-28-22/h5-14,16-17,24,30H,1-4H3,(H,29,31)/t16-,17-,24-/m0/s1. The van der Waals surface area contributed by atoms with Crippen molar-refractivity contribution < 1.29 is 33.3 Å². The Bertz CT molecular complexity index is 1170. The van der Waals surface area contributed by atoms with Gasteiger partial charge in [-0.2, -0.15) is 0 Å². The number of aromatic hydroxyl groups is 1. The van der Waals surface area contributed by atoms with Gasteiger partial charge in [0.15, 0.2) is 23.3 Å². The Labute approximate surface area is 202 Å². The summed E-state index contributed by atoms with van der Waals surface area (Å²) in [5.74, 6) is -1.84. The lowest BCUT2D eigenvalue weighted by Crippen LogP contribution is -2.42. The molecule has 3 atom stereocenters. The molecule has 35 heavy (non-hydrogen) atoms. The number of carbonyl (C=O) groups excluding carboxylic acids is 2. The number of nitrogens with zero attached hydrogens (tertiary/aromatic N) is 1. The predicted octanol–water partition coefficient (Wildman–Crippen LogP) is 4.11. The summed E-state index contributed by atoms with van der Waals surface area (Å²) in [5.41, 5.74) is 1.52. The second-order valence-electron chi connectivity index (χ2n) is 7.95. The van der Waals surface area contributed by atoms with Crippen molar-refractivity contribution in [3.8, 4) is 17.2 Å². The molecule has 3 aromatic rings. The van der Waals surface area contributed by atoms with E-state index in [9.17, 15) is 19.1 Å². The molecule has 0 unspecified atom stereocenters. The monoisotopic (exact) mass is 482 g/mol. The number of hydrogen-bond donors (Lipinski definition) is 2. The highest BCUT2D eigenvalue weighted by Crippen LogP contribution is 2.29. The summed E-state index contributed by atoms with van der Waals surface area (Å²) in [6.07, 6.45) is -0.160. The Morgan fingerprint density at radius 1 is 1.03 bits per heavy atom. The van der Waals surface area contributed by atoms with Crippen LogP contribution in [0.1, 0.15) is 41.6 Å². The minimum Gasteiger partial charge on any atom is -0.503 e. The van der Waals surface area contributed by atoms with Crippen molar-refractivity contribution in [3.05, 3.63) is 83.4 Å². The second kappa shape index (κ2) is 11.3. The summed E-state index contributed by atoms with van der Waals surface area (Å²) in [6, 6.07) is 13.4. The van der Waals surface area contributed by atoms with Gasteiger partial charge in [0.05, 0.1) is 7.11 Å². The van der Waals surface area contributed by atoms with Gasteiger partial charge in [0.2, 0.25) is 0 Å². The number of nitrogens with one attached hydrogen (secondary N) is 1. The van der Waals surface area contributed by atoms with Crippen LogP contribution in [0.5, 0.6) is 17.2 Å². The van der Waals surface area contributed by atoms with E-state index in [-0.39, 0.29) is 11.4 Å². The topological polar surface area (TPSA) is 107 Å². The van der Waals surface area contributed by atoms with Gasteiger partial charge in [0.25, 0.3) is 5.91 Å². The number of rotatable bonds is 9. The van der Waals surface area contributed by atoms with Crippen molar-refractivity contribution in [3.63, 3.8) is 0 Å². The maximum atomic E-state index is 13.3. The predicted molar refractivity (Wildman–Crippen MR) is 126 cm³/mol. The zero-order valence-corrected chi connectivity index (χ0v) is 19.8. The molecule has 8 nitrogen and oxygen atoms in total. The summed E-state index contributed by atoms with van der Waals surface area (Å²) < 4.78 is 29.9. The van der Waals surface area contributed by atoms with Gasteiger partial charge in [-0.05, 0) is 50.6 Å². The smallest absolute Gasteiger partial charge is 0.328 e. The molecule has 1 amide bonds. The number of methoxy groups -OCH3 is 1. The van der Waals surface area contributed by atoms with E-state index < -0.39 is 41.7 Å². The number of aromatic nitrogens is 1. The van der Waals surface area contributed by atoms with E-state index >= 15 is 0 Å². The highest BCUT2D eigenvalue weighted by atomic mass is 19.1. The molecule has 0 aliphatic carbocycles. The highest BCUT2D eigenvalue weighted by Gasteiger charge is 2.28. The minimum atomic E-state index is -1.05. The quantitative estimate of drug-likeness (QED) is 0.442. The molecular formula is C26H27FN2O6. The van der Waals surface area contributed by atoms with Crippen molar-refractivity contribution in [1.29, 1.82) is 0 Å². The number of benzene rings is 2. The average Bonchev–Trinajstić information content (AvgIpc) is 2.84. The molecule has 2 aromatic carbocycles. The SMILES string of the molecule is COc1ccnc(C(=O)N[C@@H](C)C(=O)O[C@@H](C)[C@H](Oc2ccc(F)cc2)c2ccc(C)cc2)c1O. The maximum absolute atomic E-state index is 13.3. The van der Waals surface area contributed by atoms with E-state index in [0.717, 1.165) is 11.1 Å². The number of ether oxygens (including phenoxy) is 3. The van der Waals surface area contributed by atoms with Crippen LogP contribution >= 0.6 is 0 Å². The Balaban J connectivity index is 1.72. The number of carbonyl (C=O) groups is 2. The maximum Gasteiger partial charge on any atom is 0.328 e. The van der Waals surface area contributed by atoms with E-state index in [4.69, 9.17) is 14.2 Å². The lowest BCUT2D eigenvalue weighted by atomic mass is 10.0. The fourth-order valence-electron chi connectivity index (χ4n) is 3.29. The minimum absolute atomic E-state index is 0.0767. The number of esters is 1. The molecule has 0 spiro atoms. The first-order chi connectivity index (χ1) is 16.7. The lowest BCUT2D eigenvalue weighted by molar-refractivity contribution is -0.154. The van der Waals surface area contributed by atoms with E-state index in [1.54, 1.807) is 6.92 Å². The van der Waals surface area contributed by atoms with Crippen LogP contribution in [0.3, 0.4) is 0 Å². The molecule has 0 bridgehead atoms. The van der Waals surface area contributed by atoms with Crippen molar-refractivity contribution in [2.24, 2.45) is 0 Å². The third kappa shape index (κ3) is 6.47. The highest BCUT2D eigenvalue weighted by molar-refractivity contribution is 5.97. The Kier molecular flexibility index (Phi) is 8.25. The summed E-state index contributed by atoms with van der Waals surface area (Å²) in [6.45, 7) is 5.06. The van der Waals surface area contributed by atoms with Crippen LogP contribution in [0, 0.1) is 12.7 Å². The first-order valence-corrected chi connectivity index (χ1v) is 10.9. The molecule has 1 aromatic heterocycles. The van der Waals surface area contributed by atoms with Crippen LogP contribution in [0.15, 0.2) is 60.8 Å². The van der Waals surface area contributed by atoms with Gasteiger partial charge in [-0.1, -0.05) is 29.8 Å². The van der Waals surface area contributed by atoms with Gasteiger partial charge in [-0.15, -0.1) is 0 Å². The number of amides is 1. The lowest BCUT2D eigenvalue weighted by Gasteiger charge is -2.27. The van der Waals surface area contributed by atoms with E-state index in [1.165, 1.54) is 50.6 Å². The largest absolute Gasteiger partial charge is 0.503 e. The Morgan fingerprint density at radius 3 is 2.31 bits per heavy atom. The van der Waals surface area contributed by atoms with Crippen LogP contribution in [0.2, 0.25) is 0 Å². The normalized spacial score (nSPS) is 13.3. The second-order valence-corrected chi connectivity index (χ2v) is 7.95. The van der Waals surface area contributed by atoms with Crippen LogP contribution in [0.4, 0.5) is 4.39 Å². The number of pyridine rings is 1. The van der Waals surface area contributed by atoms with Gasteiger partial charge < -0.3 is 24.6 Å². The summed E-state index contributed by atoms with van der Waals surface area (Å²) in [4.78, 5) is 29.2. The fourth-order valence-corrected chi connectivity index (χ4v) is 3.29. The van der Waals surface area contributed by atoms with Gasteiger partial charge >= 0.3 is 5.97 Å². The molecule has 0 aliphatic heterocycles. The third-order valence-corrected chi connectivity index (χ3v) is 5.23. The zero-order chi connectivity index (χ0) is 25.5. The van der Waals surface area contributed by atoms with Crippen LogP contribution in [-0.2, 0) is 9.53 Å². The van der Waals surface area contributed by atoms with Gasteiger partial charge in [-0.25, -0.2) is 14.2 Å². The van der Waals surface area contributed by atoms with Gasteiger partial charge in [-0.3, -0.25) is 4.79 Å². The Hall–Kier alpha value is -4.14. The van der Waals surface area contributed by atoms with Crippen molar-refractivity contribution in [2.45, 2.75) is 39.0 Å². The van der Waals surface area contributed by atoms with E-state index in [0.29, 0.717) is 5.75 Å². The molecule has 0 aliphatic rings. The molecule has 0 fully saturated rings. The van der Waals surface area contributed by atoms with Crippen LogP contribution < -0.4 is 14.8 Å². The molecule has 0 saturated heterocycles. The summed E-state index contributed by atoms with van der Waals surface area (Å²) >= 11 is 0. The molecule has 3 rings (SSSR count). The van der Waals surface area contributed by atoms with E-state index in [1.807, 2.05) is 31.2 Å². The molecule has 184 valence electrons. The fraction of sp³-hybridized carbons (Fsp3) is 0.269. The van der Waals surface area contributed by atoms with Crippen LogP contribution in [0.25, 0.3) is 0 Å². The summed E-state index contributed by atoms with van der Waals surface area (Å²) in [5, 5.41) is 12.6. The van der Waals surface area contributed by atoms with Crippen LogP contribution in [-0.4, -0.2) is 41.2 Å². The molecule has 9 heteroatoms. The summed E-state index contributed by atoms with van der Waals surface area (Å²) in [7, 11) is 1.34.